The second-order valence-corrected chi connectivity index (χ2v) is 4.81. The van der Waals surface area contributed by atoms with Crippen molar-refractivity contribution in [2.45, 2.75) is 19.4 Å². The second kappa shape index (κ2) is 4.14. The summed E-state index contributed by atoms with van der Waals surface area (Å²) in [5.41, 5.74) is 8.87. The molecule has 1 aliphatic heterocycles. The van der Waals surface area contributed by atoms with Gasteiger partial charge in [-0.05, 0) is 25.0 Å². The van der Waals surface area contributed by atoms with Crippen LogP contribution in [0.2, 0.25) is 5.15 Å². The summed E-state index contributed by atoms with van der Waals surface area (Å²) in [6, 6.07) is 8.59. The summed E-state index contributed by atoms with van der Waals surface area (Å²) in [7, 11) is 0. The van der Waals surface area contributed by atoms with E-state index >= 15 is 0 Å². The van der Waals surface area contributed by atoms with Crippen LogP contribution in [-0.4, -0.2) is 16.0 Å². The van der Waals surface area contributed by atoms with Gasteiger partial charge in [0.25, 0.3) is 0 Å². The van der Waals surface area contributed by atoms with Crippen molar-refractivity contribution in [1.29, 1.82) is 0 Å². The van der Waals surface area contributed by atoms with Crippen molar-refractivity contribution in [1.82, 2.24) is 9.97 Å². The molecule has 3 rings (SSSR count). The molecular formula is C13H13ClN4. The van der Waals surface area contributed by atoms with E-state index in [4.69, 9.17) is 17.3 Å². The number of aromatic nitrogens is 2. The van der Waals surface area contributed by atoms with Crippen LogP contribution in [0.5, 0.6) is 0 Å². The highest BCUT2D eigenvalue weighted by atomic mass is 35.5. The Labute approximate surface area is 110 Å². The van der Waals surface area contributed by atoms with Crippen LogP contribution in [0.1, 0.15) is 12.5 Å². The third-order valence-electron chi connectivity index (χ3n) is 3.25. The fraction of sp³-hybridized carbons (Fsp3) is 0.231. The quantitative estimate of drug-likeness (QED) is 0.801. The minimum absolute atomic E-state index is 0.302. The summed E-state index contributed by atoms with van der Waals surface area (Å²) < 4.78 is 0. The zero-order valence-corrected chi connectivity index (χ0v) is 10.7. The lowest BCUT2D eigenvalue weighted by atomic mass is 10.1. The van der Waals surface area contributed by atoms with Crippen molar-refractivity contribution < 1.29 is 0 Å². The largest absolute Gasteiger partial charge is 0.393 e. The Morgan fingerprint density at radius 3 is 2.94 bits per heavy atom. The molecular weight excluding hydrogens is 248 g/mol. The van der Waals surface area contributed by atoms with Crippen LogP contribution in [-0.2, 0) is 6.42 Å². The second-order valence-electron chi connectivity index (χ2n) is 4.45. The van der Waals surface area contributed by atoms with E-state index in [1.54, 1.807) is 0 Å². The molecule has 0 amide bonds. The molecule has 0 spiro atoms. The molecule has 0 saturated carbocycles. The van der Waals surface area contributed by atoms with Crippen LogP contribution < -0.4 is 10.6 Å². The summed E-state index contributed by atoms with van der Waals surface area (Å²) in [5, 5.41) is 0.302. The number of nitrogens with zero attached hydrogens (tertiary/aromatic N) is 3. The van der Waals surface area contributed by atoms with Gasteiger partial charge >= 0.3 is 0 Å². The number of rotatable bonds is 1. The molecule has 0 fully saturated rings. The molecule has 0 radical (unpaired) electrons. The van der Waals surface area contributed by atoms with Gasteiger partial charge in [-0.15, -0.1) is 0 Å². The number of para-hydroxylation sites is 1. The number of halogens is 1. The molecule has 1 atom stereocenters. The first-order chi connectivity index (χ1) is 8.68. The van der Waals surface area contributed by atoms with E-state index in [1.807, 2.05) is 12.1 Å². The molecule has 92 valence electrons. The summed E-state index contributed by atoms with van der Waals surface area (Å²) >= 11 is 5.96. The summed E-state index contributed by atoms with van der Waals surface area (Å²) in [4.78, 5) is 10.3. The maximum Gasteiger partial charge on any atom is 0.161 e. The van der Waals surface area contributed by atoms with E-state index < -0.39 is 0 Å². The lowest BCUT2D eigenvalue weighted by molar-refractivity contribution is 0.750. The van der Waals surface area contributed by atoms with Crippen LogP contribution in [0, 0.1) is 0 Å². The fourth-order valence-electron chi connectivity index (χ4n) is 2.45. The van der Waals surface area contributed by atoms with Crippen molar-refractivity contribution in [3.05, 3.63) is 41.3 Å². The Bertz CT molecular complexity index is 599. The van der Waals surface area contributed by atoms with Crippen LogP contribution in [0.25, 0.3) is 0 Å². The fourth-order valence-corrected chi connectivity index (χ4v) is 2.57. The molecule has 0 aliphatic carbocycles. The molecule has 2 N–H and O–H groups in total. The molecule has 1 unspecified atom stereocenters. The summed E-state index contributed by atoms with van der Waals surface area (Å²) in [6.07, 6.45) is 2.43. The van der Waals surface area contributed by atoms with E-state index in [2.05, 4.69) is 33.9 Å². The number of hydrogen-bond donors (Lipinski definition) is 1. The predicted molar refractivity (Wildman–Crippen MR) is 73.2 cm³/mol. The number of benzene rings is 1. The van der Waals surface area contributed by atoms with Crippen molar-refractivity contribution in [2.24, 2.45) is 0 Å². The molecule has 18 heavy (non-hydrogen) atoms. The van der Waals surface area contributed by atoms with Crippen molar-refractivity contribution >= 4 is 28.8 Å². The first kappa shape index (κ1) is 11.3. The van der Waals surface area contributed by atoms with Crippen LogP contribution >= 0.6 is 11.6 Å². The molecule has 5 heteroatoms. The van der Waals surface area contributed by atoms with E-state index in [0.717, 1.165) is 12.1 Å². The molecule has 0 bridgehead atoms. The number of nitrogen functional groups attached to an aromatic ring is 1. The lowest BCUT2D eigenvalue weighted by Gasteiger charge is -2.24. The van der Waals surface area contributed by atoms with Gasteiger partial charge in [0, 0.05) is 11.7 Å². The molecule has 2 aromatic rings. The minimum atomic E-state index is 0.302. The van der Waals surface area contributed by atoms with Gasteiger partial charge in [-0.3, -0.25) is 0 Å². The van der Waals surface area contributed by atoms with Gasteiger partial charge < -0.3 is 10.6 Å². The van der Waals surface area contributed by atoms with Crippen molar-refractivity contribution in [3.8, 4) is 0 Å². The first-order valence-corrected chi connectivity index (χ1v) is 6.19. The molecule has 1 aromatic heterocycles. The van der Waals surface area contributed by atoms with Crippen LogP contribution in [0.4, 0.5) is 17.2 Å². The maximum absolute atomic E-state index is 5.98. The van der Waals surface area contributed by atoms with Crippen LogP contribution in [0.15, 0.2) is 30.6 Å². The van der Waals surface area contributed by atoms with E-state index in [0.29, 0.717) is 22.7 Å². The molecule has 0 saturated heterocycles. The maximum atomic E-state index is 5.98. The van der Waals surface area contributed by atoms with Gasteiger partial charge in [-0.1, -0.05) is 29.8 Å². The zero-order chi connectivity index (χ0) is 12.7. The molecule has 1 aliphatic rings. The summed E-state index contributed by atoms with van der Waals surface area (Å²) in [6.45, 7) is 2.15. The van der Waals surface area contributed by atoms with E-state index in [1.165, 1.54) is 11.9 Å². The Balaban J connectivity index is 2.15. The monoisotopic (exact) mass is 260 g/mol. The number of nitrogens with two attached hydrogens (primary N) is 1. The summed E-state index contributed by atoms with van der Waals surface area (Å²) in [5.74, 6) is 0.687. The normalized spacial score (nSPS) is 17.9. The van der Waals surface area contributed by atoms with E-state index in [9.17, 15) is 0 Å². The first-order valence-electron chi connectivity index (χ1n) is 5.81. The molecule has 2 heterocycles. The predicted octanol–water partition coefficient (Wildman–Crippen LogP) is 2.79. The van der Waals surface area contributed by atoms with Crippen molar-refractivity contribution in [2.75, 3.05) is 10.6 Å². The average molecular weight is 261 g/mol. The highest BCUT2D eigenvalue weighted by molar-refractivity contribution is 6.32. The smallest absolute Gasteiger partial charge is 0.161 e. The highest BCUT2D eigenvalue weighted by Gasteiger charge is 2.29. The number of fused-ring (bicyclic) bond motifs is 1. The average Bonchev–Trinajstić information content (AvgIpc) is 2.69. The van der Waals surface area contributed by atoms with Gasteiger partial charge in [-0.2, -0.15) is 0 Å². The molecule has 4 nitrogen and oxygen atoms in total. The lowest BCUT2D eigenvalue weighted by Crippen LogP contribution is -2.26. The topological polar surface area (TPSA) is 55.0 Å². The van der Waals surface area contributed by atoms with Gasteiger partial charge in [0.05, 0.1) is 0 Å². The third-order valence-corrected chi connectivity index (χ3v) is 3.55. The zero-order valence-electron chi connectivity index (χ0n) is 9.97. The van der Waals surface area contributed by atoms with Gasteiger partial charge in [-0.25, -0.2) is 9.97 Å². The van der Waals surface area contributed by atoms with Gasteiger partial charge in [0.1, 0.15) is 12.0 Å². The Kier molecular flexibility index (Phi) is 2.59. The third kappa shape index (κ3) is 1.61. The standard InChI is InChI=1S/C13H13ClN4/c1-8-6-9-4-2-3-5-10(9)18(8)13-11(15)12(14)16-7-17-13/h2-5,7-8H,6,15H2,1H3. The Morgan fingerprint density at radius 1 is 1.33 bits per heavy atom. The van der Waals surface area contributed by atoms with Gasteiger partial charge in [0.15, 0.2) is 11.0 Å². The van der Waals surface area contributed by atoms with Crippen molar-refractivity contribution in [3.63, 3.8) is 0 Å². The Morgan fingerprint density at radius 2 is 2.11 bits per heavy atom. The SMILES string of the molecule is CC1Cc2ccccc2N1c1ncnc(Cl)c1N. The number of anilines is 3. The Hall–Kier alpha value is -1.81. The van der Waals surface area contributed by atoms with Crippen LogP contribution in [0.3, 0.4) is 0 Å². The molecule has 1 aromatic carbocycles. The van der Waals surface area contributed by atoms with E-state index in [-0.39, 0.29) is 0 Å². The van der Waals surface area contributed by atoms with Gasteiger partial charge in [0.2, 0.25) is 0 Å². The number of hydrogen-bond acceptors (Lipinski definition) is 4. The highest BCUT2D eigenvalue weighted by Crippen LogP contribution is 2.40. The minimum Gasteiger partial charge on any atom is -0.393 e.